The number of hydrogen-bond acceptors (Lipinski definition) is 8. The molecule has 3 saturated heterocycles. The zero-order valence-electron chi connectivity index (χ0n) is 17.6. The van der Waals surface area contributed by atoms with Crippen LogP contribution >= 0.6 is 0 Å². The van der Waals surface area contributed by atoms with Gasteiger partial charge in [0.25, 0.3) is 0 Å². The van der Waals surface area contributed by atoms with Crippen LogP contribution in [0.4, 0.5) is 5.69 Å². The molecular weight excluding hydrogens is 404 g/mol. The van der Waals surface area contributed by atoms with Gasteiger partial charge in [-0.1, -0.05) is 6.07 Å². The minimum Gasteiger partial charge on any atom is -0.493 e. The van der Waals surface area contributed by atoms with Gasteiger partial charge in [-0.15, -0.1) is 0 Å². The summed E-state index contributed by atoms with van der Waals surface area (Å²) in [5.74, 6) is -0.121. The first-order chi connectivity index (χ1) is 14.8. The fourth-order valence-electron chi connectivity index (χ4n) is 7.56. The van der Waals surface area contributed by atoms with Gasteiger partial charge in [-0.3, -0.25) is 14.4 Å². The van der Waals surface area contributed by atoms with Crippen LogP contribution in [0.2, 0.25) is 0 Å². The molecule has 5 aliphatic rings. The topological polar surface area (TPSA) is 106 Å². The largest absolute Gasteiger partial charge is 0.493 e. The van der Waals surface area contributed by atoms with Gasteiger partial charge in [0.2, 0.25) is 11.6 Å². The van der Waals surface area contributed by atoms with Gasteiger partial charge in [0.1, 0.15) is 11.5 Å². The number of benzene rings is 1. The molecule has 5 atom stereocenters. The van der Waals surface area contributed by atoms with Crippen molar-refractivity contribution in [3.63, 3.8) is 0 Å². The number of ketones is 1. The normalized spacial score (nSPS) is 39.7. The Bertz CT molecular complexity index is 1070. The number of nitrogens with zero attached hydrogens (tertiary/aromatic N) is 2. The molecule has 6 rings (SSSR count). The number of piperidine rings is 1. The highest BCUT2D eigenvalue weighted by Gasteiger charge is 2.88. The van der Waals surface area contributed by atoms with E-state index in [1.807, 2.05) is 6.07 Å². The fraction of sp³-hybridized carbons (Fsp3) is 0.591. The first-order valence-corrected chi connectivity index (χ1v) is 10.5. The Morgan fingerprint density at radius 1 is 1.16 bits per heavy atom. The van der Waals surface area contributed by atoms with Crippen molar-refractivity contribution in [2.45, 2.75) is 49.0 Å². The number of aliphatic hydroxyl groups excluding tert-OH is 1. The molecule has 4 heterocycles. The standard InChI is InChI=1S/C22H24N2O7/c1-23-15-11(5-6-12(29-2)17(15)30-3)21-9-13(25)24-8-4-7-20(19(28)16(27)18(21)23)10-14(26)31-22(20,21)24/h5-6,16,18,27H,4,7-10H2,1-3H3/t16-,18+,20-,21+,22-/m0/s1. The Hall–Kier alpha value is -2.81. The molecule has 4 fully saturated rings. The van der Waals surface area contributed by atoms with Gasteiger partial charge >= 0.3 is 5.97 Å². The van der Waals surface area contributed by atoms with Crippen LogP contribution in [-0.4, -0.2) is 73.3 Å². The Morgan fingerprint density at radius 2 is 1.94 bits per heavy atom. The van der Waals surface area contributed by atoms with E-state index in [4.69, 9.17) is 14.2 Å². The average molecular weight is 428 g/mol. The predicted octanol–water partition coefficient (Wildman–Crippen LogP) is 0.359. The highest BCUT2D eigenvalue weighted by atomic mass is 16.6. The van der Waals surface area contributed by atoms with Crippen molar-refractivity contribution in [1.82, 2.24) is 4.90 Å². The van der Waals surface area contributed by atoms with E-state index in [1.165, 1.54) is 14.2 Å². The van der Waals surface area contributed by atoms with Crippen molar-refractivity contribution in [3.8, 4) is 11.5 Å². The third-order valence-corrected chi connectivity index (χ3v) is 8.37. The van der Waals surface area contributed by atoms with Gasteiger partial charge in [0.05, 0.1) is 37.8 Å². The Labute approximate surface area is 178 Å². The number of aliphatic hydroxyl groups is 1. The van der Waals surface area contributed by atoms with Crippen molar-refractivity contribution in [2.24, 2.45) is 5.41 Å². The van der Waals surface area contributed by atoms with Gasteiger partial charge in [-0.05, 0) is 24.5 Å². The summed E-state index contributed by atoms with van der Waals surface area (Å²) in [5.41, 5.74) is -2.40. The lowest BCUT2D eigenvalue weighted by atomic mass is 9.49. The highest BCUT2D eigenvalue weighted by Crippen LogP contribution is 2.73. The summed E-state index contributed by atoms with van der Waals surface area (Å²) in [6, 6.07) is 2.84. The summed E-state index contributed by atoms with van der Waals surface area (Å²) in [5, 5.41) is 11.4. The summed E-state index contributed by atoms with van der Waals surface area (Å²) in [4.78, 5) is 43.3. The van der Waals surface area contributed by atoms with E-state index in [-0.39, 0.29) is 18.7 Å². The molecular formula is C22H24N2O7. The molecule has 0 unspecified atom stereocenters. The predicted molar refractivity (Wildman–Crippen MR) is 106 cm³/mol. The Balaban J connectivity index is 1.75. The third-order valence-electron chi connectivity index (χ3n) is 8.37. The second kappa shape index (κ2) is 5.51. The number of likely N-dealkylation sites (N-methyl/N-ethyl adjacent to an activating group) is 1. The van der Waals surface area contributed by atoms with Gasteiger partial charge in [-0.2, -0.15) is 0 Å². The van der Waals surface area contributed by atoms with Crippen molar-refractivity contribution < 1.29 is 33.7 Å². The molecule has 164 valence electrons. The fourth-order valence-corrected chi connectivity index (χ4v) is 7.56. The molecule has 31 heavy (non-hydrogen) atoms. The van der Waals surface area contributed by atoms with Crippen molar-refractivity contribution in [1.29, 1.82) is 0 Å². The van der Waals surface area contributed by atoms with E-state index in [1.54, 1.807) is 22.9 Å². The summed E-state index contributed by atoms with van der Waals surface area (Å²) in [6.45, 7) is 0.415. The number of ether oxygens (including phenoxy) is 3. The smallest absolute Gasteiger partial charge is 0.309 e. The molecule has 1 N–H and O–H groups in total. The SMILES string of the molecule is COc1ccc2c(c1OC)N(C)[C@@H]1[C@H](O)C(=O)[C@@]34CCCN5C(=O)C[C@@]21[C@]53OC(=O)C4. The van der Waals surface area contributed by atoms with Crippen molar-refractivity contribution >= 4 is 23.3 Å². The molecule has 1 saturated carbocycles. The number of carbonyl (C=O) groups excluding carboxylic acids is 3. The van der Waals surface area contributed by atoms with E-state index in [0.29, 0.717) is 36.6 Å². The molecule has 1 aromatic rings. The van der Waals surface area contributed by atoms with Gasteiger partial charge < -0.3 is 29.1 Å². The van der Waals surface area contributed by atoms with E-state index in [2.05, 4.69) is 0 Å². The molecule has 1 aliphatic carbocycles. The number of rotatable bonds is 2. The van der Waals surface area contributed by atoms with Crippen LogP contribution in [-0.2, 0) is 24.5 Å². The lowest BCUT2D eigenvalue weighted by Crippen LogP contribution is -2.79. The lowest BCUT2D eigenvalue weighted by molar-refractivity contribution is -0.232. The van der Waals surface area contributed by atoms with Gasteiger partial charge in [0, 0.05) is 20.0 Å². The molecule has 1 amide bonds. The van der Waals surface area contributed by atoms with Gasteiger partial charge in [0.15, 0.2) is 17.3 Å². The van der Waals surface area contributed by atoms with E-state index in [0.717, 1.165) is 5.56 Å². The summed E-state index contributed by atoms with van der Waals surface area (Å²) >= 11 is 0. The first-order valence-electron chi connectivity index (χ1n) is 10.5. The quantitative estimate of drug-likeness (QED) is 0.674. The molecule has 2 spiro atoms. The summed E-state index contributed by atoms with van der Waals surface area (Å²) in [6.07, 6.45) is -0.462. The molecule has 4 aliphatic heterocycles. The number of hydrogen-bond donors (Lipinski definition) is 1. The molecule has 0 radical (unpaired) electrons. The maximum Gasteiger partial charge on any atom is 0.309 e. The molecule has 0 aromatic heterocycles. The number of methoxy groups -OCH3 is 2. The maximum absolute atomic E-state index is 13.7. The third kappa shape index (κ3) is 1.65. The number of anilines is 1. The van der Waals surface area contributed by atoms with E-state index in [9.17, 15) is 19.5 Å². The monoisotopic (exact) mass is 428 g/mol. The van der Waals surface area contributed by atoms with E-state index >= 15 is 0 Å². The van der Waals surface area contributed by atoms with Gasteiger partial charge in [-0.25, -0.2) is 0 Å². The average Bonchev–Trinajstić information content (AvgIpc) is 3.31. The van der Waals surface area contributed by atoms with Crippen molar-refractivity contribution in [3.05, 3.63) is 17.7 Å². The molecule has 1 aromatic carbocycles. The highest BCUT2D eigenvalue weighted by molar-refractivity contribution is 6.03. The summed E-state index contributed by atoms with van der Waals surface area (Å²) in [7, 11) is 4.83. The molecule has 0 bridgehead atoms. The minimum absolute atomic E-state index is 0.0455. The van der Waals surface area contributed by atoms with Crippen LogP contribution < -0.4 is 14.4 Å². The van der Waals surface area contributed by atoms with Crippen LogP contribution in [0.5, 0.6) is 11.5 Å². The number of carbonyl (C=O) groups is 3. The number of esters is 1. The Morgan fingerprint density at radius 3 is 2.65 bits per heavy atom. The number of Topliss-reactive ketones (excluding diaryl/α,β-unsaturated/α-hetero) is 1. The van der Waals surface area contributed by atoms with Crippen LogP contribution in [0.25, 0.3) is 0 Å². The second-order valence-corrected chi connectivity index (χ2v) is 9.24. The second-order valence-electron chi connectivity index (χ2n) is 9.24. The van der Waals surface area contributed by atoms with E-state index < -0.39 is 40.5 Å². The summed E-state index contributed by atoms with van der Waals surface area (Å²) < 4.78 is 17.2. The van der Waals surface area contributed by atoms with Crippen LogP contribution in [0.15, 0.2) is 12.1 Å². The van der Waals surface area contributed by atoms with Crippen LogP contribution in [0.1, 0.15) is 31.2 Å². The lowest BCUT2D eigenvalue weighted by Gasteiger charge is -2.60. The van der Waals surface area contributed by atoms with Crippen LogP contribution in [0.3, 0.4) is 0 Å². The van der Waals surface area contributed by atoms with Crippen molar-refractivity contribution in [2.75, 3.05) is 32.7 Å². The molecule has 9 nitrogen and oxygen atoms in total. The minimum atomic E-state index is -1.44. The molecule has 9 heteroatoms. The number of amides is 1. The zero-order valence-corrected chi connectivity index (χ0v) is 17.6. The Kier molecular flexibility index (Phi) is 3.36. The number of fused-ring (bicyclic) bond motifs is 1. The first kappa shape index (κ1) is 18.9. The maximum atomic E-state index is 13.7. The zero-order chi connectivity index (χ0) is 21.9. The van der Waals surface area contributed by atoms with Crippen LogP contribution in [0, 0.1) is 5.41 Å².